The summed E-state index contributed by atoms with van der Waals surface area (Å²) >= 11 is 2.55. The number of anilines is 1. The highest BCUT2D eigenvalue weighted by molar-refractivity contribution is 8.01. The Kier molecular flexibility index (Phi) is 8.40. The molecule has 1 heterocycles. The minimum Gasteiger partial charge on any atom is -0.383 e. The van der Waals surface area contributed by atoms with Crippen LogP contribution in [0, 0.1) is 0 Å². The first-order valence-electron chi connectivity index (χ1n) is 6.03. The van der Waals surface area contributed by atoms with Crippen LogP contribution in [0.3, 0.4) is 0 Å². The first-order chi connectivity index (χ1) is 10.2. The first kappa shape index (κ1) is 17.4. The lowest BCUT2D eigenvalue weighted by molar-refractivity contribution is -0.117. The van der Waals surface area contributed by atoms with E-state index in [1.807, 2.05) is 0 Å². The van der Waals surface area contributed by atoms with Crippen molar-refractivity contribution in [1.29, 1.82) is 0 Å². The van der Waals surface area contributed by atoms with E-state index < -0.39 is 11.9 Å². The Hall–Kier alpha value is -1.65. The van der Waals surface area contributed by atoms with Gasteiger partial charge in [0.15, 0.2) is 4.34 Å². The van der Waals surface area contributed by atoms with Gasteiger partial charge in [-0.1, -0.05) is 29.2 Å². The summed E-state index contributed by atoms with van der Waals surface area (Å²) in [5.74, 6) is -0.306. The van der Waals surface area contributed by atoms with E-state index in [1.54, 1.807) is 7.11 Å². The van der Waals surface area contributed by atoms with Crippen LogP contribution in [0.15, 0.2) is 17.0 Å². The second kappa shape index (κ2) is 10.1. The van der Waals surface area contributed by atoms with Crippen LogP contribution in [-0.4, -0.2) is 54.7 Å². The fourth-order valence-corrected chi connectivity index (χ4v) is 2.68. The van der Waals surface area contributed by atoms with Gasteiger partial charge in [-0.3, -0.25) is 10.1 Å². The lowest BCUT2D eigenvalue weighted by Gasteiger charge is -2.03. The molecule has 3 amide bonds. The van der Waals surface area contributed by atoms with Gasteiger partial charge in [0, 0.05) is 20.2 Å². The molecular formula is C11H17N5O3S2. The zero-order chi connectivity index (χ0) is 15.5. The van der Waals surface area contributed by atoms with Crippen molar-refractivity contribution in [3.05, 3.63) is 12.7 Å². The fraction of sp³-hybridized carbons (Fsp3) is 0.455. The molecule has 3 N–H and O–H groups in total. The highest BCUT2D eigenvalue weighted by Gasteiger charge is 2.10. The fourth-order valence-electron chi connectivity index (χ4n) is 1.10. The lowest BCUT2D eigenvalue weighted by Crippen LogP contribution is -2.40. The molecular weight excluding hydrogens is 314 g/mol. The number of ether oxygens (including phenoxy) is 1. The van der Waals surface area contributed by atoms with E-state index in [-0.39, 0.29) is 5.75 Å². The maximum Gasteiger partial charge on any atom is 0.321 e. The SMILES string of the molecule is C=CCNC(=O)NC(=O)CSc1nnc(NCCOC)s1. The molecule has 0 unspecified atom stereocenters. The monoisotopic (exact) mass is 331 g/mol. The van der Waals surface area contributed by atoms with Gasteiger partial charge in [0.05, 0.1) is 12.4 Å². The molecule has 0 aliphatic heterocycles. The predicted molar refractivity (Wildman–Crippen MR) is 82.7 cm³/mol. The number of thioether (sulfide) groups is 1. The van der Waals surface area contributed by atoms with Crippen molar-refractivity contribution in [1.82, 2.24) is 20.8 Å². The van der Waals surface area contributed by atoms with E-state index in [9.17, 15) is 9.59 Å². The van der Waals surface area contributed by atoms with Gasteiger partial charge in [0.1, 0.15) is 0 Å². The highest BCUT2D eigenvalue weighted by atomic mass is 32.2. The molecule has 0 aliphatic rings. The van der Waals surface area contributed by atoms with Crippen molar-refractivity contribution in [2.45, 2.75) is 4.34 Å². The van der Waals surface area contributed by atoms with Crippen LogP contribution in [0.25, 0.3) is 0 Å². The molecule has 0 bridgehead atoms. The summed E-state index contributed by atoms with van der Waals surface area (Å²) in [6.45, 7) is 4.97. The van der Waals surface area contributed by atoms with Crippen LogP contribution in [0.2, 0.25) is 0 Å². The summed E-state index contributed by atoms with van der Waals surface area (Å²) in [4.78, 5) is 22.7. The van der Waals surface area contributed by atoms with Crippen LogP contribution in [0.4, 0.5) is 9.93 Å². The number of amides is 3. The van der Waals surface area contributed by atoms with E-state index in [0.29, 0.717) is 29.2 Å². The molecule has 0 saturated carbocycles. The Morgan fingerprint density at radius 1 is 1.48 bits per heavy atom. The van der Waals surface area contributed by atoms with E-state index in [2.05, 4.69) is 32.7 Å². The smallest absolute Gasteiger partial charge is 0.321 e. The van der Waals surface area contributed by atoms with Gasteiger partial charge in [-0.05, 0) is 0 Å². The molecule has 116 valence electrons. The van der Waals surface area contributed by atoms with E-state index >= 15 is 0 Å². The summed E-state index contributed by atoms with van der Waals surface area (Å²) in [6, 6.07) is -0.542. The number of carbonyl (C=O) groups is 2. The largest absolute Gasteiger partial charge is 0.383 e. The minimum atomic E-state index is -0.542. The number of methoxy groups -OCH3 is 1. The number of nitrogens with one attached hydrogen (secondary N) is 3. The minimum absolute atomic E-state index is 0.0915. The van der Waals surface area contributed by atoms with Crippen molar-refractivity contribution < 1.29 is 14.3 Å². The number of aromatic nitrogens is 2. The molecule has 0 atom stereocenters. The molecule has 1 rings (SSSR count). The van der Waals surface area contributed by atoms with Gasteiger partial charge in [0.25, 0.3) is 0 Å². The highest BCUT2D eigenvalue weighted by Crippen LogP contribution is 2.24. The number of hydrogen-bond acceptors (Lipinski definition) is 8. The van der Waals surface area contributed by atoms with Gasteiger partial charge < -0.3 is 15.4 Å². The van der Waals surface area contributed by atoms with Crippen molar-refractivity contribution in [3.63, 3.8) is 0 Å². The standard InChI is InChI=1S/C11H17N5O3S2/c1-3-4-12-9(18)14-8(17)7-20-11-16-15-10(21-11)13-5-6-19-2/h3H,1,4-7H2,2H3,(H,13,15)(H2,12,14,17,18). The summed E-state index contributed by atoms with van der Waals surface area (Å²) < 4.78 is 5.56. The number of carbonyl (C=O) groups excluding carboxylic acids is 2. The molecule has 0 saturated heterocycles. The molecule has 0 fully saturated rings. The first-order valence-corrected chi connectivity index (χ1v) is 7.83. The van der Waals surface area contributed by atoms with E-state index in [1.165, 1.54) is 29.2 Å². The van der Waals surface area contributed by atoms with Gasteiger partial charge in [-0.15, -0.1) is 16.8 Å². The Bertz CT molecular complexity index is 480. The van der Waals surface area contributed by atoms with E-state index in [4.69, 9.17) is 4.74 Å². The van der Waals surface area contributed by atoms with Gasteiger partial charge >= 0.3 is 6.03 Å². The summed E-state index contributed by atoms with van der Waals surface area (Å²) in [5.41, 5.74) is 0. The van der Waals surface area contributed by atoms with E-state index in [0.717, 1.165) is 0 Å². The Morgan fingerprint density at radius 3 is 3.00 bits per heavy atom. The van der Waals surface area contributed by atoms with Crippen LogP contribution in [0.1, 0.15) is 0 Å². The third kappa shape index (κ3) is 7.63. The number of urea groups is 1. The van der Waals surface area contributed by atoms with Gasteiger partial charge in [-0.2, -0.15) is 0 Å². The van der Waals surface area contributed by atoms with Crippen molar-refractivity contribution in [2.75, 3.05) is 37.9 Å². The molecule has 1 aromatic rings. The molecule has 0 aromatic carbocycles. The van der Waals surface area contributed by atoms with Crippen molar-refractivity contribution in [2.24, 2.45) is 0 Å². The lowest BCUT2D eigenvalue weighted by atomic mass is 10.6. The van der Waals surface area contributed by atoms with Crippen LogP contribution in [0.5, 0.6) is 0 Å². The normalized spacial score (nSPS) is 9.95. The third-order valence-corrected chi connectivity index (χ3v) is 3.99. The summed E-state index contributed by atoms with van der Waals surface area (Å²) in [6.07, 6.45) is 1.53. The zero-order valence-electron chi connectivity index (χ0n) is 11.5. The number of rotatable bonds is 9. The average molecular weight is 331 g/mol. The second-order valence-electron chi connectivity index (χ2n) is 3.63. The summed E-state index contributed by atoms with van der Waals surface area (Å²) in [5, 5.41) is 16.2. The zero-order valence-corrected chi connectivity index (χ0v) is 13.2. The number of imide groups is 1. The maximum atomic E-state index is 11.5. The van der Waals surface area contributed by atoms with Gasteiger partial charge in [-0.25, -0.2) is 4.79 Å². The van der Waals surface area contributed by atoms with Gasteiger partial charge in [0.2, 0.25) is 11.0 Å². The molecule has 0 radical (unpaired) electrons. The molecule has 10 heteroatoms. The topological polar surface area (TPSA) is 105 Å². The number of hydrogen-bond donors (Lipinski definition) is 3. The number of nitrogens with zero attached hydrogens (tertiary/aromatic N) is 2. The second-order valence-corrected chi connectivity index (χ2v) is 5.83. The predicted octanol–water partition coefficient (Wildman–Crippen LogP) is 0.700. The Morgan fingerprint density at radius 2 is 2.29 bits per heavy atom. The molecule has 0 aliphatic carbocycles. The maximum absolute atomic E-state index is 11.5. The molecule has 0 spiro atoms. The molecule has 1 aromatic heterocycles. The van der Waals surface area contributed by atoms with Crippen molar-refractivity contribution >= 4 is 40.2 Å². The summed E-state index contributed by atoms with van der Waals surface area (Å²) in [7, 11) is 1.62. The van der Waals surface area contributed by atoms with Crippen LogP contribution >= 0.6 is 23.1 Å². The quantitative estimate of drug-likeness (QED) is 0.347. The average Bonchev–Trinajstić information content (AvgIpc) is 2.91. The Balaban J connectivity index is 2.26. The van der Waals surface area contributed by atoms with Crippen LogP contribution in [-0.2, 0) is 9.53 Å². The third-order valence-electron chi connectivity index (χ3n) is 1.98. The molecule has 21 heavy (non-hydrogen) atoms. The Labute approximate surface area is 130 Å². The van der Waals surface area contributed by atoms with Crippen LogP contribution < -0.4 is 16.0 Å². The van der Waals surface area contributed by atoms with Crippen molar-refractivity contribution in [3.8, 4) is 0 Å². The molecule has 8 nitrogen and oxygen atoms in total.